The fourth-order valence-electron chi connectivity index (χ4n) is 3.58. The molecule has 0 bridgehead atoms. The van der Waals surface area contributed by atoms with Gasteiger partial charge in [0, 0.05) is 6.54 Å². The lowest BCUT2D eigenvalue weighted by Crippen LogP contribution is -2.57. The SMILES string of the molecule is CCCC[C@H](N)C(=O)N[C@H](C(=O)N[C@@H](CC(C)C)C(=O)NCCc1ccccc1)C(C)CC. The maximum atomic E-state index is 13.2. The van der Waals surface area contributed by atoms with Crippen molar-refractivity contribution in [2.75, 3.05) is 6.54 Å². The first-order valence-electron chi connectivity index (χ1n) is 12.4. The Morgan fingerprint density at radius 1 is 0.939 bits per heavy atom. The van der Waals surface area contributed by atoms with Crippen molar-refractivity contribution in [1.82, 2.24) is 16.0 Å². The molecule has 1 aromatic rings. The number of nitrogens with two attached hydrogens (primary N) is 1. The Hall–Kier alpha value is -2.41. The number of rotatable bonds is 15. The molecule has 186 valence electrons. The highest BCUT2D eigenvalue weighted by molar-refractivity contribution is 5.93. The van der Waals surface area contributed by atoms with E-state index in [-0.39, 0.29) is 29.6 Å². The third-order valence-electron chi connectivity index (χ3n) is 5.89. The van der Waals surface area contributed by atoms with Crippen LogP contribution in [0.15, 0.2) is 30.3 Å². The summed E-state index contributed by atoms with van der Waals surface area (Å²) in [5.74, 6) is -0.745. The number of carbonyl (C=O) groups excluding carboxylic acids is 3. The van der Waals surface area contributed by atoms with Crippen LogP contribution < -0.4 is 21.7 Å². The third kappa shape index (κ3) is 10.8. The fraction of sp³-hybridized carbons (Fsp3) is 0.654. The van der Waals surface area contributed by atoms with Crippen molar-refractivity contribution in [3.63, 3.8) is 0 Å². The van der Waals surface area contributed by atoms with Crippen LogP contribution in [0.1, 0.15) is 72.3 Å². The molecule has 5 N–H and O–H groups in total. The Morgan fingerprint density at radius 2 is 1.61 bits per heavy atom. The van der Waals surface area contributed by atoms with Gasteiger partial charge in [-0.15, -0.1) is 0 Å². The minimum atomic E-state index is -0.734. The van der Waals surface area contributed by atoms with Crippen molar-refractivity contribution in [2.24, 2.45) is 17.6 Å². The van der Waals surface area contributed by atoms with Crippen LogP contribution in [0.5, 0.6) is 0 Å². The highest BCUT2D eigenvalue weighted by atomic mass is 16.2. The minimum Gasteiger partial charge on any atom is -0.354 e. The van der Waals surface area contributed by atoms with Crippen molar-refractivity contribution in [3.05, 3.63) is 35.9 Å². The monoisotopic (exact) mass is 460 g/mol. The maximum absolute atomic E-state index is 13.2. The van der Waals surface area contributed by atoms with E-state index in [0.29, 0.717) is 25.8 Å². The molecule has 0 aliphatic heterocycles. The highest BCUT2D eigenvalue weighted by Gasteiger charge is 2.31. The summed E-state index contributed by atoms with van der Waals surface area (Å²) in [6.07, 6.45) is 4.33. The third-order valence-corrected chi connectivity index (χ3v) is 5.89. The van der Waals surface area contributed by atoms with Crippen molar-refractivity contribution in [1.29, 1.82) is 0 Å². The Bertz CT molecular complexity index is 724. The van der Waals surface area contributed by atoms with Gasteiger partial charge in [0.2, 0.25) is 17.7 Å². The molecule has 0 aliphatic carbocycles. The van der Waals surface area contributed by atoms with Crippen molar-refractivity contribution < 1.29 is 14.4 Å². The molecule has 1 rings (SSSR count). The van der Waals surface area contributed by atoms with Gasteiger partial charge in [-0.3, -0.25) is 14.4 Å². The summed E-state index contributed by atoms with van der Waals surface area (Å²) >= 11 is 0. The molecule has 1 aromatic carbocycles. The molecular weight excluding hydrogens is 416 g/mol. The van der Waals surface area contributed by atoms with E-state index in [2.05, 4.69) is 16.0 Å². The molecule has 0 saturated heterocycles. The van der Waals surface area contributed by atoms with Crippen LogP contribution in [0.2, 0.25) is 0 Å². The number of carbonyl (C=O) groups is 3. The molecule has 7 nitrogen and oxygen atoms in total. The molecule has 0 fully saturated rings. The van der Waals surface area contributed by atoms with Gasteiger partial charge in [-0.1, -0.05) is 84.2 Å². The van der Waals surface area contributed by atoms with Crippen molar-refractivity contribution >= 4 is 17.7 Å². The van der Waals surface area contributed by atoms with Crippen LogP contribution in [0, 0.1) is 11.8 Å². The molecule has 7 heteroatoms. The molecule has 0 radical (unpaired) electrons. The van der Waals surface area contributed by atoms with Crippen LogP contribution >= 0.6 is 0 Å². The molecular formula is C26H44N4O3. The lowest BCUT2D eigenvalue weighted by molar-refractivity contribution is -0.133. The van der Waals surface area contributed by atoms with E-state index in [4.69, 9.17) is 5.73 Å². The summed E-state index contributed by atoms with van der Waals surface area (Å²) in [7, 11) is 0. The van der Waals surface area contributed by atoms with Gasteiger partial charge in [0.25, 0.3) is 0 Å². The summed E-state index contributed by atoms with van der Waals surface area (Å²) in [6.45, 7) is 10.4. The molecule has 0 aliphatic rings. The number of unbranched alkanes of at least 4 members (excludes halogenated alkanes) is 1. The van der Waals surface area contributed by atoms with Gasteiger partial charge in [0.05, 0.1) is 6.04 Å². The fourth-order valence-corrected chi connectivity index (χ4v) is 3.58. The zero-order chi connectivity index (χ0) is 24.8. The van der Waals surface area contributed by atoms with E-state index < -0.39 is 18.1 Å². The number of benzene rings is 1. The number of hydrogen-bond donors (Lipinski definition) is 4. The summed E-state index contributed by atoms with van der Waals surface area (Å²) in [5, 5.41) is 8.67. The minimum absolute atomic E-state index is 0.0897. The zero-order valence-electron chi connectivity index (χ0n) is 21.0. The maximum Gasteiger partial charge on any atom is 0.243 e. The average Bonchev–Trinajstić information content (AvgIpc) is 2.79. The van der Waals surface area contributed by atoms with Crippen LogP contribution in [0.25, 0.3) is 0 Å². The van der Waals surface area contributed by atoms with E-state index in [1.807, 2.05) is 65.0 Å². The van der Waals surface area contributed by atoms with E-state index in [9.17, 15) is 14.4 Å². The second-order valence-electron chi connectivity index (χ2n) is 9.34. The largest absolute Gasteiger partial charge is 0.354 e. The van der Waals surface area contributed by atoms with Gasteiger partial charge in [-0.2, -0.15) is 0 Å². The lowest BCUT2D eigenvalue weighted by atomic mass is 9.96. The molecule has 0 spiro atoms. The van der Waals surface area contributed by atoms with Crippen LogP contribution in [-0.4, -0.2) is 42.4 Å². The smallest absolute Gasteiger partial charge is 0.243 e. The van der Waals surface area contributed by atoms with E-state index in [0.717, 1.165) is 24.8 Å². The molecule has 4 atom stereocenters. The number of amides is 3. The summed E-state index contributed by atoms with van der Waals surface area (Å²) < 4.78 is 0. The Balaban J connectivity index is 2.79. The standard InChI is InChI=1S/C26H44N4O3/c1-6-8-14-21(27)24(31)30-23(19(5)7-2)26(33)29-22(17-18(3)4)25(32)28-16-15-20-12-10-9-11-13-20/h9-13,18-19,21-23H,6-8,14-17,27H2,1-5H3,(H,28,32)(H,29,33)(H,30,31)/t19?,21-,22-,23-/m0/s1. The summed E-state index contributed by atoms with van der Waals surface area (Å²) in [4.78, 5) is 38.6. The van der Waals surface area contributed by atoms with Gasteiger partial charge in [-0.05, 0) is 36.7 Å². The summed E-state index contributed by atoms with van der Waals surface area (Å²) in [5.41, 5.74) is 7.14. The topological polar surface area (TPSA) is 113 Å². The normalized spacial score (nSPS) is 14.8. The molecule has 0 aromatic heterocycles. The Labute approximate surface area is 199 Å². The van der Waals surface area contributed by atoms with Crippen LogP contribution in [-0.2, 0) is 20.8 Å². The molecule has 1 unspecified atom stereocenters. The summed E-state index contributed by atoms with van der Waals surface area (Å²) in [6, 6.07) is 7.89. The first-order valence-corrected chi connectivity index (χ1v) is 12.4. The molecule has 0 saturated carbocycles. The van der Waals surface area contributed by atoms with Gasteiger partial charge in [-0.25, -0.2) is 0 Å². The van der Waals surface area contributed by atoms with Crippen molar-refractivity contribution in [2.45, 2.75) is 91.3 Å². The highest BCUT2D eigenvalue weighted by Crippen LogP contribution is 2.12. The lowest BCUT2D eigenvalue weighted by Gasteiger charge is -2.28. The Morgan fingerprint density at radius 3 is 2.18 bits per heavy atom. The molecule has 0 heterocycles. The first kappa shape index (κ1) is 28.6. The molecule has 3 amide bonds. The second kappa shape index (κ2) is 15.4. The van der Waals surface area contributed by atoms with Crippen LogP contribution in [0.4, 0.5) is 0 Å². The second-order valence-corrected chi connectivity index (χ2v) is 9.34. The van der Waals surface area contributed by atoms with Gasteiger partial charge < -0.3 is 21.7 Å². The van der Waals surface area contributed by atoms with Crippen molar-refractivity contribution in [3.8, 4) is 0 Å². The predicted octanol–water partition coefficient (Wildman–Crippen LogP) is 2.92. The number of hydrogen-bond acceptors (Lipinski definition) is 4. The number of nitrogens with one attached hydrogen (secondary N) is 3. The predicted molar refractivity (Wildman–Crippen MR) is 133 cm³/mol. The van der Waals surface area contributed by atoms with E-state index in [1.54, 1.807) is 0 Å². The quantitative estimate of drug-likeness (QED) is 0.322. The van der Waals surface area contributed by atoms with Gasteiger partial charge in [0.15, 0.2) is 0 Å². The first-order chi connectivity index (χ1) is 15.7. The zero-order valence-corrected chi connectivity index (χ0v) is 21.0. The average molecular weight is 461 g/mol. The van der Waals surface area contributed by atoms with E-state index >= 15 is 0 Å². The van der Waals surface area contributed by atoms with E-state index in [1.165, 1.54) is 0 Å². The van der Waals surface area contributed by atoms with Gasteiger partial charge in [0.1, 0.15) is 12.1 Å². The molecule has 33 heavy (non-hydrogen) atoms. The Kier molecular flexibility index (Phi) is 13.4. The van der Waals surface area contributed by atoms with Crippen LogP contribution in [0.3, 0.4) is 0 Å². The van der Waals surface area contributed by atoms with Gasteiger partial charge >= 0.3 is 0 Å².